The summed E-state index contributed by atoms with van der Waals surface area (Å²) in [6.45, 7) is 5.83. The molecule has 0 fully saturated rings. The van der Waals surface area contributed by atoms with Gasteiger partial charge in [-0.15, -0.1) is 0 Å². The van der Waals surface area contributed by atoms with E-state index in [0.29, 0.717) is 0 Å². The molecule has 0 unspecified atom stereocenters. The predicted octanol–water partition coefficient (Wildman–Crippen LogP) is 1.84. The molecule has 98 valence electrons. The molecule has 0 heterocycles. The Kier molecular flexibility index (Phi) is 4.67. The van der Waals surface area contributed by atoms with Gasteiger partial charge in [0.1, 0.15) is 5.75 Å². The molecule has 5 heteroatoms. The number of hydrogen-bond donors (Lipinski definition) is 2. The average molecular weight is 266 g/mol. The molecule has 0 aliphatic rings. The van der Waals surface area contributed by atoms with Crippen LogP contribution < -0.4 is 5.73 Å². The summed E-state index contributed by atoms with van der Waals surface area (Å²) in [5.41, 5.74) is 6.68. The van der Waals surface area contributed by atoms with E-state index in [2.05, 4.69) is 0 Å². The molecule has 0 spiro atoms. The van der Waals surface area contributed by atoms with Gasteiger partial charge in [-0.1, -0.05) is 23.8 Å². The molecule has 0 saturated carbocycles. The maximum absolute atomic E-state index is 12.3. The Hall–Kier alpha value is -1.62. The van der Waals surface area contributed by atoms with E-state index in [9.17, 15) is 9.90 Å². The molecule has 0 aliphatic carbocycles. The van der Waals surface area contributed by atoms with Gasteiger partial charge in [0.05, 0.1) is 17.1 Å². The Morgan fingerprint density at radius 2 is 2.11 bits per heavy atom. The number of phenolic OH excluding ortho intramolecular Hbond substituents is 1. The van der Waals surface area contributed by atoms with Gasteiger partial charge in [0.2, 0.25) is 0 Å². The third-order valence-corrected chi connectivity index (χ3v) is 2.72. The summed E-state index contributed by atoms with van der Waals surface area (Å²) in [5.74, 6) is -0.293. The SMILES string of the molecule is Cc1ccc(O)c(C(=O)N(CC(N)=S)C(C)C)c1. The number of carbonyl (C=O) groups is 1. The van der Waals surface area contributed by atoms with Crippen molar-refractivity contribution in [1.82, 2.24) is 4.90 Å². The highest BCUT2D eigenvalue weighted by molar-refractivity contribution is 7.80. The van der Waals surface area contributed by atoms with Crippen LogP contribution in [0.5, 0.6) is 5.75 Å². The first-order chi connectivity index (χ1) is 8.32. The Labute approximate surface area is 112 Å². The third kappa shape index (κ3) is 3.43. The summed E-state index contributed by atoms with van der Waals surface area (Å²) < 4.78 is 0. The van der Waals surface area contributed by atoms with Crippen molar-refractivity contribution in [3.8, 4) is 5.75 Å². The lowest BCUT2D eigenvalue weighted by molar-refractivity contribution is 0.0733. The first kappa shape index (κ1) is 14.4. The van der Waals surface area contributed by atoms with Crippen molar-refractivity contribution in [1.29, 1.82) is 0 Å². The molecule has 1 aromatic rings. The van der Waals surface area contributed by atoms with Gasteiger partial charge >= 0.3 is 0 Å². The van der Waals surface area contributed by atoms with Crippen LogP contribution in [0.3, 0.4) is 0 Å². The smallest absolute Gasteiger partial charge is 0.258 e. The molecule has 1 rings (SSSR count). The number of thiocarbonyl (C=S) groups is 1. The van der Waals surface area contributed by atoms with Crippen molar-refractivity contribution in [2.24, 2.45) is 5.73 Å². The van der Waals surface area contributed by atoms with Crippen LogP contribution >= 0.6 is 12.2 Å². The van der Waals surface area contributed by atoms with Crippen LogP contribution in [0.1, 0.15) is 29.8 Å². The van der Waals surface area contributed by atoms with Crippen LogP contribution in [0.15, 0.2) is 18.2 Å². The monoisotopic (exact) mass is 266 g/mol. The van der Waals surface area contributed by atoms with Gasteiger partial charge in [0, 0.05) is 6.04 Å². The van der Waals surface area contributed by atoms with E-state index in [4.69, 9.17) is 18.0 Å². The van der Waals surface area contributed by atoms with Crippen molar-refractivity contribution < 1.29 is 9.90 Å². The van der Waals surface area contributed by atoms with Crippen LogP contribution in [0.25, 0.3) is 0 Å². The van der Waals surface area contributed by atoms with Gasteiger partial charge in [-0.3, -0.25) is 4.79 Å². The van der Waals surface area contributed by atoms with Crippen LogP contribution in [0.4, 0.5) is 0 Å². The quantitative estimate of drug-likeness (QED) is 0.816. The Morgan fingerprint density at radius 1 is 1.50 bits per heavy atom. The van der Waals surface area contributed by atoms with Gasteiger partial charge in [-0.2, -0.15) is 0 Å². The zero-order valence-corrected chi connectivity index (χ0v) is 11.6. The molecule has 0 aliphatic heterocycles. The second kappa shape index (κ2) is 5.82. The van der Waals surface area contributed by atoms with Crippen molar-refractivity contribution >= 4 is 23.1 Å². The minimum Gasteiger partial charge on any atom is -0.507 e. The van der Waals surface area contributed by atoms with Crippen LogP contribution in [-0.2, 0) is 0 Å². The third-order valence-electron chi connectivity index (χ3n) is 2.59. The maximum atomic E-state index is 12.3. The number of benzene rings is 1. The summed E-state index contributed by atoms with van der Waals surface area (Å²) in [6.07, 6.45) is 0. The minimum atomic E-state index is -0.265. The zero-order chi connectivity index (χ0) is 13.9. The molecular formula is C13H18N2O2S. The van der Waals surface area contributed by atoms with Gasteiger partial charge in [0.25, 0.3) is 5.91 Å². The summed E-state index contributed by atoms with van der Waals surface area (Å²) in [6, 6.07) is 4.88. The summed E-state index contributed by atoms with van der Waals surface area (Å²) in [5, 5.41) is 9.76. The number of nitrogens with two attached hydrogens (primary N) is 1. The highest BCUT2D eigenvalue weighted by Crippen LogP contribution is 2.21. The maximum Gasteiger partial charge on any atom is 0.258 e. The molecule has 0 saturated heterocycles. The topological polar surface area (TPSA) is 66.6 Å². The van der Waals surface area contributed by atoms with Gasteiger partial charge in [-0.05, 0) is 32.9 Å². The van der Waals surface area contributed by atoms with E-state index in [0.717, 1.165) is 5.56 Å². The minimum absolute atomic E-state index is 0.0285. The second-order valence-corrected chi connectivity index (χ2v) is 5.04. The second-order valence-electron chi connectivity index (χ2n) is 4.51. The molecule has 1 amide bonds. The number of hydrogen-bond acceptors (Lipinski definition) is 3. The lowest BCUT2D eigenvalue weighted by Gasteiger charge is -2.26. The van der Waals surface area contributed by atoms with Crippen LogP contribution in [0, 0.1) is 6.92 Å². The molecule has 1 aromatic carbocycles. The van der Waals surface area contributed by atoms with E-state index < -0.39 is 0 Å². The standard InChI is InChI=1S/C13H18N2O2S/c1-8(2)15(7-12(14)18)13(17)10-6-9(3)4-5-11(10)16/h4-6,8,16H,7H2,1-3H3,(H2,14,18). The lowest BCUT2D eigenvalue weighted by atomic mass is 10.1. The Morgan fingerprint density at radius 3 is 2.61 bits per heavy atom. The molecule has 18 heavy (non-hydrogen) atoms. The average Bonchev–Trinajstić information content (AvgIpc) is 2.27. The van der Waals surface area contributed by atoms with E-state index >= 15 is 0 Å². The highest BCUT2D eigenvalue weighted by Gasteiger charge is 2.22. The Balaban J connectivity index is 3.09. The molecule has 0 radical (unpaired) electrons. The van der Waals surface area contributed by atoms with Crippen molar-refractivity contribution in [2.75, 3.05) is 6.54 Å². The molecule has 0 atom stereocenters. The van der Waals surface area contributed by atoms with Gasteiger partial charge < -0.3 is 15.7 Å². The zero-order valence-electron chi connectivity index (χ0n) is 10.8. The molecule has 0 bridgehead atoms. The predicted molar refractivity (Wildman–Crippen MR) is 75.8 cm³/mol. The fourth-order valence-electron chi connectivity index (χ4n) is 1.63. The molecule has 4 nitrogen and oxygen atoms in total. The largest absolute Gasteiger partial charge is 0.507 e. The lowest BCUT2D eigenvalue weighted by Crippen LogP contribution is -2.42. The fraction of sp³-hybridized carbons (Fsp3) is 0.385. The van der Waals surface area contributed by atoms with E-state index in [-0.39, 0.29) is 34.8 Å². The van der Waals surface area contributed by atoms with Crippen LogP contribution in [0.2, 0.25) is 0 Å². The first-order valence-electron chi connectivity index (χ1n) is 5.71. The van der Waals surface area contributed by atoms with Crippen molar-refractivity contribution in [3.05, 3.63) is 29.3 Å². The summed E-state index contributed by atoms with van der Waals surface area (Å²) >= 11 is 4.84. The van der Waals surface area contributed by atoms with Crippen molar-refractivity contribution in [3.63, 3.8) is 0 Å². The molecule has 3 N–H and O–H groups in total. The fourth-order valence-corrected chi connectivity index (χ4v) is 1.77. The molecular weight excluding hydrogens is 248 g/mol. The van der Waals surface area contributed by atoms with Crippen LogP contribution in [-0.4, -0.2) is 33.5 Å². The van der Waals surface area contributed by atoms with E-state index in [1.165, 1.54) is 11.0 Å². The Bertz CT molecular complexity index is 472. The van der Waals surface area contributed by atoms with Gasteiger partial charge in [0.15, 0.2) is 0 Å². The molecule has 0 aromatic heterocycles. The number of carbonyl (C=O) groups excluding carboxylic acids is 1. The van der Waals surface area contributed by atoms with Crippen molar-refractivity contribution in [2.45, 2.75) is 26.8 Å². The number of aromatic hydroxyl groups is 1. The van der Waals surface area contributed by atoms with E-state index in [1.54, 1.807) is 12.1 Å². The summed E-state index contributed by atoms with van der Waals surface area (Å²) in [7, 11) is 0. The number of rotatable bonds is 4. The number of aryl methyl sites for hydroxylation is 1. The highest BCUT2D eigenvalue weighted by atomic mass is 32.1. The van der Waals surface area contributed by atoms with E-state index in [1.807, 2.05) is 20.8 Å². The normalized spacial score (nSPS) is 10.4. The first-order valence-corrected chi connectivity index (χ1v) is 6.12. The number of amides is 1. The summed E-state index contributed by atoms with van der Waals surface area (Å²) in [4.78, 5) is 14.1. The number of nitrogens with zero attached hydrogens (tertiary/aromatic N) is 1. The van der Waals surface area contributed by atoms with Gasteiger partial charge in [-0.25, -0.2) is 0 Å². The number of phenols is 1.